The van der Waals surface area contributed by atoms with Gasteiger partial charge in [0.05, 0.1) is 12.4 Å². The predicted molar refractivity (Wildman–Crippen MR) is 104 cm³/mol. The Morgan fingerprint density at radius 1 is 1.00 bits per heavy atom. The summed E-state index contributed by atoms with van der Waals surface area (Å²) in [5.41, 5.74) is 4.55. The van der Waals surface area contributed by atoms with Gasteiger partial charge in [0.1, 0.15) is 11.5 Å². The SMILES string of the molecule is Cc1ccc(NC(=O)c2cnc(N(C)Cc3ccccc3)cn2)cc1C. The number of rotatable bonds is 5. The molecule has 0 atom stereocenters. The molecule has 0 radical (unpaired) electrons. The maximum atomic E-state index is 12.4. The highest BCUT2D eigenvalue weighted by molar-refractivity contribution is 6.02. The Morgan fingerprint density at radius 3 is 2.42 bits per heavy atom. The van der Waals surface area contributed by atoms with E-state index in [4.69, 9.17) is 0 Å². The largest absolute Gasteiger partial charge is 0.354 e. The lowest BCUT2D eigenvalue weighted by Crippen LogP contribution is -2.19. The molecular formula is C21H22N4O. The van der Waals surface area contributed by atoms with Crippen molar-refractivity contribution in [2.24, 2.45) is 0 Å². The Morgan fingerprint density at radius 2 is 1.77 bits per heavy atom. The van der Waals surface area contributed by atoms with Crippen molar-refractivity contribution in [3.05, 3.63) is 83.3 Å². The minimum absolute atomic E-state index is 0.266. The van der Waals surface area contributed by atoms with Crippen molar-refractivity contribution < 1.29 is 4.79 Å². The number of benzene rings is 2. The van der Waals surface area contributed by atoms with Crippen molar-refractivity contribution in [3.63, 3.8) is 0 Å². The van der Waals surface area contributed by atoms with Gasteiger partial charge in [-0.05, 0) is 42.7 Å². The van der Waals surface area contributed by atoms with Crippen molar-refractivity contribution in [1.29, 1.82) is 0 Å². The molecule has 1 aromatic heterocycles. The number of nitrogens with one attached hydrogen (secondary N) is 1. The Hall–Kier alpha value is -3.21. The summed E-state index contributed by atoms with van der Waals surface area (Å²) in [6.07, 6.45) is 3.13. The standard InChI is InChI=1S/C21H22N4O/c1-15-9-10-18(11-16(15)2)24-21(26)19-12-23-20(13-22-19)25(3)14-17-7-5-4-6-8-17/h4-13H,14H2,1-3H3,(H,24,26). The second kappa shape index (κ2) is 7.78. The lowest BCUT2D eigenvalue weighted by Gasteiger charge is -2.17. The molecule has 0 saturated heterocycles. The maximum Gasteiger partial charge on any atom is 0.275 e. The molecule has 0 bridgehead atoms. The average Bonchev–Trinajstić information content (AvgIpc) is 2.65. The van der Waals surface area contributed by atoms with Crippen molar-refractivity contribution in [2.45, 2.75) is 20.4 Å². The van der Waals surface area contributed by atoms with Gasteiger partial charge in [0.15, 0.2) is 0 Å². The van der Waals surface area contributed by atoms with Gasteiger partial charge in [0.2, 0.25) is 0 Å². The molecule has 1 heterocycles. The van der Waals surface area contributed by atoms with Crippen LogP contribution in [0, 0.1) is 13.8 Å². The molecule has 0 fully saturated rings. The number of anilines is 2. The summed E-state index contributed by atoms with van der Waals surface area (Å²) in [4.78, 5) is 23.0. The fraction of sp³-hybridized carbons (Fsp3) is 0.190. The topological polar surface area (TPSA) is 58.1 Å². The third kappa shape index (κ3) is 4.25. The fourth-order valence-corrected chi connectivity index (χ4v) is 2.59. The van der Waals surface area contributed by atoms with Gasteiger partial charge in [-0.1, -0.05) is 36.4 Å². The summed E-state index contributed by atoms with van der Waals surface area (Å²) >= 11 is 0. The molecule has 3 rings (SSSR count). The first-order chi connectivity index (χ1) is 12.5. The lowest BCUT2D eigenvalue weighted by molar-refractivity contribution is 0.102. The van der Waals surface area contributed by atoms with Gasteiger partial charge in [-0.2, -0.15) is 0 Å². The molecule has 0 aliphatic rings. The molecule has 0 saturated carbocycles. The lowest BCUT2D eigenvalue weighted by atomic mass is 10.1. The van der Waals surface area contributed by atoms with Crippen LogP contribution < -0.4 is 10.2 Å². The van der Waals surface area contributed by atoms with Crippen LogP contribution in [0.2, 0.25) is 0 Å². The van der Waals surface area contributed by atoms with Crippen LogP contribution in [0.3, 0.4) is 0 Å². The van der Waals surface area contributed by atoms with Crippen LogP contribution in [0.4, 0.5) is 11.5 Å². The van der Waals surface area contributed by atoms with E-state index >= 15 is 0 Å². The van der Waals surface area contributed by atoms with Crippen molar-refractivity contribution in [2.75, 3.05) is 17.3 Å². The Bertz CT molecular complexity index is 892. The molecule has 0 unspecified atom stereocenters. The molecule has 5 nitrogen and oxygen atoms in total. The first-order valence-corrected chi connectivity index (χ1v) is 8.48. The summed E-state index contributed by atoms with van der Waals surface area (Å²) < 4.78 is 0. The van der Waals surface area contributed by atoms with Crippen LogP contribution in [0.1, 0.15) is 27.2 Å². The highest BCUT2D eigenvalue weighted by Gasteiger charge is 2.11. The maximum absolute atomic E-state index is 12.4. The Balaban J connectivity index is 1.66. The van der Waals surface area contributed by atoms with Gasteiger partial charge in [0, 0.05) is 19.3 Å². The zero-order valence-electron chi connectivity index (χ0n) is 15.2. The van der Waals surface area contributed by atoms with Crippen LogP contribution in [0.5, 0.6) is 0 Å². The summed E-state index contributed by atoms with van der Waals surface area (Å²) in [5.74, 6) is 0.453. The Labute approximate surface area is 153 Å². The molecule has 1 amide bonds. The molecule has 3 aromatic rings. The molecule has 1 N–H and O–H groups in total. The molecule has 132 valence electrons. The van der Waals surface area contributed by atoms with Crippen LogP contribution in [0.15, 0.2) is 60.9 Å². The van der Waals surface area contributed by atoms with E-state index in [-0.39, 0.29) is 5.91 Å². The zero-order valence-corrected chi connectivity index (χ0v) is 15.2. The highest BCUT2D eigenvalue weighted by atomic mass is 16.1. The minimum atomic E-state index is -0.266. The first-order valence-electron chi connectivity index (χ1n) is 8.48. The summed E-state index contributed by atoms with van der Waals surface area (Å²) in [6.45, 7) is 4.78. The summed E-state index contributed by atoms with van der Waals surface area (Å²) in [5, 5.41) is 2.86. The number of hydrogen-bond donors (Lipinski definition) is 1. The van der Waals surface area contributed by atoms with Crippen molar-refractivity contribution >= 4 is 17.4 Å². The van der Waals surface area contributed by atoms with E-state index in [1.54, 1.807) is 6.20 Å². The molecule has 0 aliphatic heterocycles. The van der Waals surface area contributed by atoms with Crippen LogP contribution in [-0.4, -0.2) is 22.9 Å². The fourth-order valence-electron chi connectivity index (χ4n) is 2.59. The van der Waals surface area contributed by atoms with Crippen LogP contribution >= 0.6 is 0 Å². The normalized spacial score (nSPS) is 10.4. The van der Waals surface area contributed by atoms with Gasteiger partial charge in [-0.3, -0.25) is 4.79 Å². The van der Waals surface area contributed by atoms with Gasteiger partial charge in [-0.25, -0.2) is 9.97 Å². The van der Waals surface area contributed by atoms with E-state index in [9.17, 15) is 4.79 Å². The number of nitrogens with zero attached hydrogens (tertiary/aromatic N) is 3. The molecule has 0 aliphatic carbocycles. The second-order valence-corrected chi connectivity index (χ2v) is 6.35. The van der Waals surface area contributed by atoms with Gasteiger partial charge >= 0.3 is 0 Å². The third-order valence-corrected chi connectivity index (χ3v) is 4.29. The van der Waals surface area contributed by atoms with Crippen LogP contribution in [-0.2, 0) is 6.54 Å². The van der Waals surface area contributed by atoms with E-state index in [0.717, 1.165) is 23.6 Å². The predicted octanol–water partition coefficient (Wildman–Crippen LogP) is 3.98. The third-order valence-electron chi connectivity index (χ3n) is 4.29. The van der Waals surface area contributed by atoms with Crippen molar-refractivity contribution in [1.82, 2.24) is 9.97 Å². The van der Waals surface area contributed by atoms with E-state index in [1.165, 1.54) is 17.3 Å². The molecule has 5 heteroatoms. The summed E-state index contributed by atoms with van der Waals surface area (Å²) in [6, 6.07) is 16.0. The second-order valence-electron chi connectivity index (χ2n) is 6.35. The zero-order chi connectivity index (χ0) is 18.5. The average molecular weight is 346 g/mol. The van der Waals surface area contributed by atoms with Gasteiger partial charge in [-0.15, -0.1) is 0 Å². The highest BCUT2D eigenvalue weighted by Crippen LogP contribution is 2.16. The van der Waals surface area contributed by atoms with Crippen molar-refractivity contribution in [3.8, 4) is 0 Å². The smallest absolute Gasteiger partial charge is 0.275 e. The molecule has 2 aromatic carbocycles. The number of carbonyl (C=O) groups excluding carboxylic acids is 1. The van der Waals surface area contributed by atoms with E-state index in [0.29, 0.717) is 5.69 Å². The Kier molecular flexibility index (Phi) is 5.27. The molecular weight excluding hydrogens is 324 g/mol. The number of aryl methyl sites for hydroxylation is 2. The van der Waals surface area contributed by atoms with Gasteiger partial charge in [0.25, 0.3) is 5.91 Å². The number of carbonyl (C=O) groups is 1. The molecule has 26 heavy (non-hydrogen) atoms. The van der Waals surface area contributed by atoms with Gasteiger partial charge < -0.3 is 10.2 Å². The van der Waals surface area contributed by atoms with E-state index < -0.39 is 0 Å². The quantitative estimate of drug-likeness (QED) is 0.759. The van der Waals surface area contributed by atoms with E-state index in [1.807, 2.05) is 62.2 Å². The first kappa shape index (κ1) is 17.6. The van der Waals surface area contributed by atoms with E-state index in [2.05, 4.69) is 27.4 Å². The number of aromatic nitrogens is 2. The molecule has 0 spiro atoms. The van der Waals surface area contributed by atoms with Crippen LogP contribution in [0.25, 0.3) is 0 Å². The summed E-state index contributed by atoms with van der Waals surface area (Å²) in [7, 11) is 1.95. The number of hydrogen-bond acceptors (Lipinski definition) is 4. The number of amides is 1. The monoisotopic (exact) mass is 346 g/mol. The minimum Gasteiger partial charge on any atom is -0.354 e.